The van der Waals surface area contributed by atoms with Gasteiger partial charge in [0.05, 0.1) is 5.69 Å². The number of aryl methyl sites for hydroxylation is 2. The van der Waals surface area contributed by atoms with E-state index in [0.29, 0.717) is 28.8 Å². The normalized spacial score (nSPS) is 13.8. The molecule has 4 rings (SSSR count). The molecule has 0 bridgehead atoms. The summed E-state index contributed by atoms with van der Waals surface area (Å²) in [6, 6.07) is 3.54. The molecule has 0 aliphatic carbocycles. The summed E-state index contributed by atoms with van der Waals surface area (Å²) in [6.45, 7) is 2.19. The molecule has 3 aromatic rings. The number of thiazole rings is 1. The van der Waals surface area contributed by atoms with E-state index in [4.69, 9.17) is 0 Å². The van der Waals surface area contributed by atoms with Crippen molar-refractivity contribution < 1.29 is 13.6 Å². The van der Waals surface area contributed by atoms with E-state index in [1.807, 2.05) is 0 Å². The summed E-state index contributed by atoms with van der Waals surface area (Å²) in [5.41, 5.74) is 0.608. The highest BCUT2D eigenvalue weighted by Crippen LogP contribution is 2.31. The Kier molecular flexibility index (Phi) is 5.27. The number of amides is 1. The Labute approximate surface area is 169 Å². The highest BCUT2D eigenvalue weighted by atomic mass is 32.1. The molecule has 2 aromatic heterocycles. The van der Waals surface area contributed by atoms with Gasteiger partial charge in [0.2, 0.25) is 5.91 Å². The molecule has 1 aromatic carbocycles. The Balaban J connectivity index is 1.50. The predicted molar refractivity (Wildman–Crippen MR) is 105 cm³/mol. The van der Waals surface area contributed by atoms with Gasteiger partial charge in [-0.15, -0.1) is 11.3 Å². The smallest absolute Gasteiger partial charge is 0.300 e. The first-order valence-corrected chi connectivity index (χ1v) is 10.1. The van der Waals surface area contributed by atoms with Crippen LogP contribution in [0.5, 0.6) is 0 Å². The Morgan fingerprint density at radius 2 is 2.07 bits per heavy atom. The van der Waals surface area contributed by atoms with E-state index in [1.165, 1.54) is 22.1 Å². The Hall–Kier alpha value is -2.88. The van der Waals surface area contributed by atoms with Gasteiger partial charge in [-0.1, -0.05) is 6.42 Å². The first-order chi connectivity index (χ1) is 13.9. The minimum Gasteiger partial charge on any atom is -0.300 e. The lowest BCUT2D eigenvalue weighted by molar-refractivity contribution is -0.117. The minimum absolute atomic E-state index is 0.210. The fourth-order valence-corrected chi connectivity index (χ4v) is 4.24. The molecule has 7 nitrogen and oxygen atoms in total. The Morgan fingerprint density at radius 1 is 1.24 bits per heavy atom. The zero-order chi connectivity index (χ0) is 20.5. The highest BCUT2D eigenvalue weighted by Gasteiger charge is 2.18. The zero-order valence-corrected chi connectivity index (χ0v) is 16.6. The van der Waals surface area contributed by atoms with Crippen molar-refractivity contribution in [2.45, 2.75) is 45.7 Å². The van der Waals surface area contributed by atoms with Crippen LogP contribution in [0, 0.1) is 18.6 Å². The maximum atomic E-state index is 13.5. The fraction of sp³-hybridized carbons (Fsp3) is 0.368. The van der Waals surface area contributed by atoms with E-state index in [9.17, 15) is 18.4 Å². The molecular weight excluding hydrogens is 400 g/mol. The summed E-state index contributed by atoms with van der Waals surface area (Å²) in [4.78, 5) is 29.9. The number of hydrogen-bond acceptors (Lipinski definition) is 5. The second-order valence-electron chi connectivity index (χ2n) is 6.92. The number of rotatable bonds is 4. The van der Waals surface area contributed by atoms with Crippen LogP contribution in [0.4, 0.5) is 13.9 Å². The van der Waals surface area contributed by atoms with Crippen LogP contribution >= 0.6 is 11.3 Å². The molecule has 0 saturated carbocycles. The van der Waals surface area contributed by atoms with E-state index >= 15 is 0 Å². The number of hydrogen-bond donors (Lipinski definition) is 1. The minimum atomic E-state index is -0.959. The van der Waals surface area contributed by atoms with Gasteiger partial charge < -0.3 is 5.32 Å². The van der Waals surface area contributed by atoms with Crippen LogP contribution in [0.3, 0.4) is 0 Å². The first-order valence-electron chi connectivity index (χ1n) is 9.31. The Morgan fingerprint density at radius 3 is 2.86 bits per heavy atom. The van der Waals surface area contributed by atoms with Gasteiger partial charge in [0, 0.05) is 23.4 Å². The number of nitrogens with zero attached hydrogens (tertiary/aromatic N) is 4. The standard InChI is InChI=1S/C19H19F2N5O2S/c1-11-17(12-6-7-13(20)14(21)9-12)23-18(29-11)22-16(27)10-26-19(28)25-8-4-2-3-5-15(25)24-26/h6-7,9H,2-5,8,10H2,1H3,(H,22,23,27). The number of carbonyl (C=O) groups excluding carboxylic acids is 1. The topological polar surface area (TPSA) is 81.8 Å². The van der Waals surface area contributed by atoms with Gasteiger partial charge in [-0.25, -0.2) is 23.2 Å². The molecule has 0 atom stereocenters. The molecule has 1 aliphatic rings. The average Bonchev–Trinajstić information content (AvgIpc) is 3.06. The van der Waals surface area contributed by atoms with E-state index in [-0.39, 0.29) is 12.2 Å². The molecular formula is C19H19F2N5O2S. The highest BCUT2D eigenvalue weighted by molar-refractivity contribution is 7.16. The zero-order valence-electron chi connectivity index (χ0n) is 15.7. The third-order valence-corrected chi connectivity index (χ3v) is 5.70. The summed E-state index contributed by atoms with van der Waals surface area (Å²) >= 11 is 1.22. The maximum absolute atomic E-state index is 13.5. The van der Waals surface area contributed by atoms with Crippen molar-refractivity contribution in [2.75, 3.05) is 5.32 Å². The van der Waals surface area contributed by atoms with E-state index in [1.54, 1.807) is 11.5 Å². The average molecular weight is 419 g/mol. The molecule has 10 heteroatoms. The van der Waals surface area contributed by atoms with Gasteiger partial charge in [-0.2, -0.15) is 5.10 Å². The van der Waals surface area contributed by atoms with Crippen molar-refractivity contribution in [3.05, 3.63) is 51.0 Å². The van der Waals surface area contributed by atoms with Crippen LogP contribution in [0.1, 0.15) is 30.0 Å². The van der Waals surface area contributed by atoms with E-state index < -0.39 is 17.5 Å². The third kappa shape index (κ3) is 3.98. The molecule has 1 N–H and O–H groups in total. The van der Waals surface area contributed by atoms with Gasteiger partial charge in [0.25, 0.3) is 0 Å². The molecule has 0 fully saturated rings. The summed E-state index contributed by atoms with van der Waals surface area (Å²) in [6.07, 6.45) is 3.70. The number of halogens is 2. The van der Waals surface area contributed by atoms with Crippen molar-refractivity contribution >= 4 is 22.4 Å². The van der Waals surface area contributed by atoms with Crippen LogP contribution in [0.2, 0.25) is 0 Å². The van der Waals surface area contributed by atoms with E-state index in [2.05, 4.69) is 15.4 Å². The lowest BCUT2D eigenvalue weighted by Gasteiger charge is -2.02. The van der Waals surface area contributed by atoms with Crippen LogP contribution < -0.4 is 11.0 Å². The molecule has 3 heterocycles. The lowest BCUT2D eigenvalue weighted by atomic mass is 10.1. The van der Waals surface area contributed by atoms with Crippen molar-refractivity contribution in [3.8, 4) is 11.3 Å². The van der Waals surface area contributed by atoms with Gasteiger partial charge in [0.1, 0.15) is 12.4 Å². The summed E-state index contributed by atoms with van der Waals surface area (Å²) in [7, 11) is 0. The van der Waals surface area contributed by atoms with Crippen LogP contribution in [-0.2, 0) is 24.3 Å². The van der Waals surface area contributed by atoms with Crippen LogP contribution in [-0.4, -0.2) is 25.2 Å². The van der Waals surface area contributed by atoms with Gasteiger partial charge in [-0.05, 0) is 38.0 Å². The fourth-order valence-electron chi connectivity index (χ4n) is 3.38. The quantitative estimate of drug-likeness (QED) is 0.705. The molecule has 29 heavy (non-hydrogen) atoms. The first kappa shape index (κ1) is 19.4. The van der Waals surface area contributed by atoms with Crippen LogP contribution in [0.25, 0.3) is 11.3 Å². The molecule has 1 amide bonds. The predicted octanol–water partition coefficient (Wildman–Crippen LogP) is 3.12. The van der Waals surface area contributed by atoms with Crippen molar-refractivity contribution in [2.24, 2.45) is 0 Å². The molecule has 0 unspecified atom stereocenters. The maximum Gasteiger partial charge on any atom is 0.346 e. The largest absolute Gasteiger partial charge is 0.346 e. The number of fused-ring (bicyclic) bond motifs is 1. The second kappa shape index (κ2) is 7.86. The number of carbonyl (C=O) groups is 1. The number of aromatic nitrogens is 4. The number of benzene rings is 1. The van der Waals surface area contributed by atoms with Gasteiger partial charge >= 0.3 is 5.69 Å². The van der Waals surface area contributed by atoms with Crippen molar-refractivity contribution in [3.63, 3.8) is 0 Å². The lowest BCUT2D eigenvalue weighted by Crippen LogP contribution is -2.30. The van der Waals surface area contributed by atoms with Crippen molar-refractivity contribution in [1.29, 1.82) is 0 Å². The second-order valence-corrected chi connectivity index (χ2v) is 8.12. The van der Waals surface area contributed by atoms with Gasteiger partial charge in [-0.3, -0.25) is 9.36 Å². The summed E-state index contributed by atoms with van der Waals surface area (Å²) < 4.78 is 29.5. The molecule has 1 aliphatic heterocycles. The molecule has 0 saturated heterocycles. The Bertz CT molecular complexity index is 1130. The molecule has 0 spiro atoms. The third-order valence-electron chi connectivity index (χ3n) is 4.81. The number of nitrogens with one attached hydrogen (secondary N) is 1. The summed E-state index contributed by atoms with van der Waals surface area (Å²) in [5.74, 6) is -1.60. The van der Waals surface area contributed by atoms with Gasteiger partial charge in [0.15, 0.2) is 16.8 Å². The summed E-state index contributed by atoms with van der Waals surface area (Å²) in [5, 5.41) is 7.27. The molecule has 0 radical (unpaired) electrons. The number of anilines is 1. The monoisotopic (exact) mass is 419 g/mol. The SMILES string of the molecule is Cc1sc(NC(=O)Cn2nc3n(c2=O)CCCCC3)nc1-c1ccc(F)c(F)c1. The van der Waals surface area contributed by atoms with Crippen LogP contribution in [0.15, 0.2) is 23.0 Å². The van der Waals surface area contributed by atoms with Crippen molar-refractivity contribution in [1.82, 2.24) is 19.3 Å². The molecule has 152 valence electrons. The van der Waals surface area contributed by atoms with E-state index in [0.717, 1.165) is 42.7 Å².